The zero-order valence-corrected chi connectivity index (χ0v) is 20.2. The van der Waals surface area contributed by atoms with Crippen molar-refractivity contribution in [1.82, 2.24) is 14.8 Å². The van der Waals surface area contributed by atoms with Gasteiger partial charge in [-0.05, 0) is 64.2 Å². The minimum atomic E-state index is -0.249. The van der Waals surface area contributed by atoms with Crippen molar-refractivity contribution >= 4 is 17.1 Å². The number of aromatic amines is 1. The number of piperazine rings is 1. The van der Waals surface area contributed by atoms with Crippen LogP contribution in [0.1, 0.15) is 26.3 Å². The van der Waals surface area contributed by atoms with E-state index in [1.807, 2.05) is 54.5 Å². The number of hydrogen-bond donors (Lipinski definition) is 2. The summed E-state index contributed by atoms with van der Waals surface area (Å²) in [5, 5.41) is 3.30. The minimum absolute atomic E-state index is 0.169. The lowest BCUT2D eigenvalue weighted by atomic mass is 10.1. The maximum Gasteiger partial charge on any atom is 0.248 e. The highest BCUT2D eigenvalue weighted by molar-refractivity contribution is 5.73. The predicted molar refractivity (Wildman–Crippen MR) is 138 cm³/mol. The van der Waals surface area contributed by atoms with Gasteiger partial charge in [-0.2, -0.15) is 0 Å². The van der Waals surface area contributed by atoms with E-state index in [1.165, 1.54) is 6.07 Å². The quantitative estimate of drug-likeness (QED) is 0.674. The Labute approximate surface area is 200 Å². The molecule has 1 saturated heterocycles. The van der Waals surface area contributed by atoms with E-state index in [-0.39, 0.29) is 11.4 Å². The summed E-state index contributed by atoms with van der Waals surface area (Å²) in [4.78, 5) is 20.8. The third-order valence-electron chi connectivity index (χ3n) is 6.57. The standard InChI is InChI=1S/C27H32FN5O/c1-6-13-33-20(4)24(8-10-25(33)21-11-12-29-27(34)14-21)30-22-7-9-26(23(28)15-22)32-16-18(2)31(5)19(3)17-32/h6-15,18-19,30H,4,16-17H2,1-3,5H3,(H,29,34)/b13-6-. The van der Waals surface area contributed by atoms with Crippen molar-refractivity contribution in [2.24, 2.45) is 0 Å². The molecule has 0 spiro atoms. The molecule has 2 N–H and O–H groups in total. The number of rotatable bonds is 5. The van der Waals surface area contributed by atoms with Gasteiger partial charge in [0, 0.05) is 54.9 Å². The second-order valence-electron chi connectivity index (χ2n) is 8.93. The van der Waals surface area contributed by atoms with Crippen molar-refractivity contribution in [3.8, 4) is 0 Å². The molecule has 4 rings (SSSR count). The molecule has 0 amide bonds. The Morgan fingerprint density at radius 3 is 2.53 bits per heavy atom. The number of pyridine rings is 1. The van der Waals surface area contributed by atoms with E-state index in [1.54, 1.807) is 12.3 Å². The van der Waals surface area contributed by atoms with Gasteiger partial charge in [0.25, 0.3) is 0 Å². The first-order chi connectivity index (χ1) is 16.3. The lowest BCUT2D eigenvalue weighted by Gasteiger charge is -2.43. The Morgan fingerprint density at radius 1 is 1.15 bits per heavy atom. The zero-order chi connectivity index (χ0) is 24.4. The number of allylic oxidation sites excluding steroid dienone is 3. The van der Waals surface area contributed by atoms with Gasteiger partial charge in [-0.15, -0.1) is 0 Å². The third kappa shape index (κ3) is 4.70. The molecule has 0 aliphatic carbocycles. The Morgan fingerprint density at radius 2 is 1.88 bits per heavy atom. The van der Waals surface area contributed by atoms with Crippen molar-refractivity contribution in [3.63, 3.8) is 0 Å². The van der Waals surface area contributed by atoms with Gasteiger partial charge in [-0.1, -0.05) is 12.7 Å². The van der Waals surface area contributed by atoms with Crippen molar-refractivity contribution in [2.45, 2.75) is 32.9 Å². The molecule has 178 valence electrons. The van der Waals surface area contributed by atoms with Gasteiger partial charge in [0.1, 0.15) is 5.82 Å². The van der Waals surface area contributed by atoms with Gasteiger partial charge >= 0.3 is 0 Å². The number of anilines is 2. The smallest absolute Gasteiger partial charge is 0.248 e. The molecule has 2 aromatic rings. The van der Waals surface area contributed by atoms with Crippen molar-refractivity contribution in [3.05, 3.63) is 101 Å². The number of likely N-dealkylation sites (N-methyl/N-ethyl adjacent to an activating group) is 1. The van der Waals surface area contributed by atoms with E-state index in [0.29, 0.717) is 29.2 Å². The predicted octanol–water partition coefficient (Wildman–Crippen LogP) is 4.74. The molecule has 3 heterocycles. The Kier molecular flexibility index (Phi) is 6.75. The highest BCUT2D eigenvalue weighted by Gasteiger charge is 2.28. The van der Waals surface area contributed by atoms with Crippen LogP contribution in [0.4, 0.5) is 15.8 Å². The second kappa shape index (κ2) is 9.73. The van der Waals surface area contributed by atoms with Crippen molar-refractivity contribution < 1.29 is 4.39 Å². The van der Waals surface area contributed by atoms with Gasteiger partial charge < -0.3 is 20.1 Å². The van der Waals surface area contributed by atoms with Crippen LogP contribution in [0.25, 0.3) is 5.70 Å². The lowest BCUT2D eigenvalue weighted by molar-refractivity contribution is 0.169. The fourth-order valence-corrected chi connectivity index (χ4v) is 4.48. The lowest BCUT2D eigenvalue weighted by Crippen LogP contribution is -2.55. The molecular formula is C27H32FN5O. The molecule has 0 saturated carbocycles. The minimum Gasteiger partial charge on any atom is -0.366 e. The van der Waals surface area contributed by atoms with Gasteiger partial charge in [-0.25, -0.2) is 4.39 Å². The second-order valence-corrected chi connectivity index (χ2v) is 8.93. The molecule has 34 heavy (non-hydrogen) atoms. The Hall–Kier alpha value is -3.58. The molecule has 2 unspecified atom stereocenters. The summed E-state index contributed by atoms with van der Waals surface area (Å²) in [6.07, 6.45) is 9.24. The fourth-order valence-electron chi connectivity index (χ4n) is 4.48. The Balaban J connectivity index is 1.58. The fraction of sp³-hybridized carbons (Fsp3) is 0.296. The van der Waals surface area contributed by atoms with E-state index in [0.717, 1.165) is 30.0 Å². The average Bonchev–Trinajstić information content (AvgIpc) is 2.80. The summed E-state index contributed by atoms with van der Waals surface area (Å²) in [7, 11) is 2.12. The summed E-state index contributed by atoms with van der Waals surface area (Å²) >= 11 is 0. The van der Waals surface area contributed by atoms with Crippen LogP contribution in [0.5, 0.6) is 0 Å². The summed E-state index contributed by atoms with van der Waals surface area (Å²) in [6, 6.07) is 9.39. The normalized spacial score (nSPS) is 21.6. The molecular weight excluding hydrogens is 429 g/mol. The van der Waals surface area contributed by atoms with Crippen molar-refractivity contribution in [2.75, 3.05) is 30.4 Å². The topological polar surface area (TPSA) is 54.6 Å². The summed E-state index contributed by atoms with van der Waals surface area (Å²) in [5.41, 5.74) is 4.17. The highest BCUT2D eigenvalue weighted by atomic mass is 19.1. The Bertz CT molecular complexity index is 1220. The number of benzene rings is 1. The molecule has 1 aromatic carbocycles. The van der Waals surface area contributed by atoms with Crippen LogP contribution in [0, 0.1) is 5.82 Å². The van der Waals surface area contributed by atoms with E-state index < -0.39 is 0 Å². The van der Waals surface area contributed by atoms with E-state index >= 15 is 4.39 Å². The van der Waals surface area contributed by atoms with Gasteiger partial charge in [-0.3, -0.25) is 9.69 Å². The van der Waals surface area contributed by atoms with Crippen LogP contribution in [0.3, 0.4) is 0 Å². The van der Waals surface area contributed by atoms with Crippen LogP contribution in [-0.4, -0.2) is 47.0 Å². The number of H-pyrrole nitrogens is 1. The molecule has 2 atom stereocenters. The van der Waals surface area contributed by atoms with Gasteiger partial charge in [0.2, 0.25) is 5.56 Å². The van der Waals surface area contributed by atoms with Crippen LogP contribution in [0.2, 0.25) is 0 Å². The molecule has 7 heteroatoms. The number of hydrogen-bond acceptors (Lipinski definition) is 5. The molecule has 6 nitrogen and oxygen atoms in total. The van der Waals surface area contributed by atoms with Gasteiger partial charge in [0.05, 0.1) is 22.8 Å². The summed E-state index contributed by atoms with van der Waals surface area (Å²) < 4.78 is 15.2. The van der Waals surface area contributed by atoms with Crippen LogP contribution in [-0.2, 0) is 0 Å². The van der Waals surface area contributed by atoms with E-state index in [9.17, 15) is 4.79 Å². The largest absolute Gasteiger partial charge is 0.366 e. The van der Waals surface area contributed by atoms with Crippen molar-refractivity contribution in [1.29, 1.82) is 0 Å². The number of nitrogens with zero attached hydrogens (tertiary/aromatic N) is 3. The van der Waals surface area contributed by atoms with Crippen LogP contribution in [0.15, 0.2) is 83.7 Å². The first kappa shape index (κ1) is 23.6. The zero-order valence-electron chi connectivity index (χ0n) is 20.2. The molecule has 0 radical (unpaired) electrons. The maximum atomic E-state index is 15.2. The average molecular weight is 462 g/mol. The number of halogens is 1. The SMILES string of the molecule is C=C1C(Nc2ccc(N3CC(C)N(C)C(C)C3)c(F)c2)=CC=C(c2cc[nH]c(=O)c2)N1/C=C\C. The molecule has 2 aliphatic rings. The molecule has 0 bridgehead atoms. The maximum absolute atomic E-state index is 15.2. The van der Waals surface area contributed by atoms with E-state index in [4.69, 9.17) is 0 Å². The first-order valence-electron chi connectivity index (χ1n) is 11.5. The number of aromatic nitrogens is 1. The molecule has 1 fully saturated rings. The number of nitrogens with one attached hydrogen (secondary N) is 2. The summed E-state index contributed by atoms with van der Waals surface area (Å²) in [6.45, 7) is 12.1. The monoisotopic (exact) mass is 461 g/mol. The van der Waals surface area contributed by atoms with Crippen LogP contribution >= 0.6 is 0 Å². The van der Waals surface area contributed by atoms with E-state index in [2.05, 4.69) is 47.6 Å². The third-order valence-corrected chi connectivity index (χ3v) is 6.57. The first-order valence-corrected chi connectivity index (χ1v) is 11.5. The molecule has 2 aliphatic heterocycles. The summed E-state index contributed by atoms with van der Waals surface area (Å²) in [5.74, 6) is -0.249. The highest BCUT2D eigenvalue weighted by Crippen LogP contribution is 2.33. The van der Waals surface area contributed by atoms with Gasteiger partial charge in [0.15, 0.2) is 0 Å². The van der Waals surface area contributed by atoms with Crippen LogP contribution < -0.4 is 15.8 Å². The molecule has 1 aromatic heterocycles.